The summed E-state index contributed by atoms with van der Waals surface area (Å²) in [4.78, 5) is 0. The monoisotopic (exact) mass is 255 g/mol. The van der Waals surface area contributed by atoms with Gasteiger partial charge in [0.2, 0.25) is 0 Å². The van der Waals surface area contributed by atoms with Crippen LogP contribution >= 0.6 is 0 Å². The van der Waals surface area contributed by atoms with Crippen LogP contribution in [0.15, 0.2) is 54.6 Å². The van der Waals surface area contributed by atoms with Gasteiger partial charge in [0.25, 0.3) is 0 Å². The van der Waals surface area contributed by atoms with Crippen LogP contribution in [0, 0.1) is 0 Å². The molecule has 2 aromatic rings. The molecule has 0 saturated heterocycles. The fourth-order valence-electron chi connectivity index (χ4n) is 2.01. The second-order valence-electron chi connectivity index (χ2n) is 5.81. The first-order valence-electron chi connectivity index (χ1n) is 6.57. The lowest BCUT2D eigenvalue weighted by Crippen LogP contribution is -2.25. The third-order valence-corrected chi connectivity index (χ3v) is 2.86. The average molecular weight is 255 g/mol. The lowest BCUT2D eigenvalue weighted by molar-refractivity contribution is 0.220. The highest BCUT2D eigenvalue weighted by molar-refractivity contribution is 5.47. The first-order valence-corrected chi connectivity index (χ1v) is 6.57. The summed E-state index contributed by atoms with van der Waals surface area (Å²) >= 11 is 0. The van der Waals surface area contributed by atoms with Gasteiger partial charge < -0.3 is 10.4 Å². The van der Waals surface area contributed by atoms with Crippen molar-refractivity contribution in [2.45, 2.75) is 32.4 Å². The van der Waals surface area contributed by atoms with Crippen LogP contribution in [0.3, 0.4) is 0 Å². The number of aliphatic hydroxyl groups excluding tert-OH is 1. The molecule has 0 aliphatic heterocycles. The number of hydrogen-bond acceptors (Lipinski definition) is 2. The smallest absolute Gasteiger partial charge is 0.104 e. The molecule has 0 spiro atoms. The van der Waals surface area contributed by atoms with Crippen LogP contribution < -0.4 is 5.32 Å². The molecule has 1 atom stereocenters. The molecule has 0 saturated carbocycles. The second-order valence-corrected chi connectivity index (χ2v) is 5.81. The number of hydrogen-bond donors (Lipinski definition) is 2. The van der Waals surface area contributed by atoms with Crippen molar-refractivity contribution in [2.75, 3.05) is 5.32 Å². The van der Waals surface area contributed by atoms with Crippen LogP contribution in [-0.4, -0.2) is 10.6 Å². The predicted molar refractivity (Wildman–Crippen MR) is 80.3 cm³/mol. The molecule has 0 heterocycles. The molecule has 0 bridgehead atoms. The minimum absolute atomic E-state index is 0.0412. The van der Waals surface area contributed by atoms with Crippen molar-refractivity contribution >= 4 is 5.69 Å². The van der Waals surface area contributed by atoms with Crippen LogP contribution in [0.1, 0.15) is 38.0 Å². The zero-order valence-electron chi connectivity index (χ0n) is 11.7. The molecule has 2 rings (SSSR count). The molecule has 0 aliphatic rings. The van der Waals surface area contributed by atoms with E-state index in [1.54, 1.807) is 0 Å². The molecular formula is C17H21NO. The third-order valence-electron chi connectivity index (χ3n) is 2.86. The highest BCUT2D eigenvalue weighted by Crippen LogP contribution is 2.23. The standard InChI is InChI=1S/C17H21NO/c1-17(2,3)18-15-11-9-14(10-12-15)16(19)13-7-5-4-6-8-13/h4-12,16,18-19H,1-3H3. The van der Waals surface area contributed by atoms with E-state index in [1.807, 2.05) is 54.6 Å². The van der Waals surface area contributed by atoms with Crippen molar-refractivity contribution in [1.82, 2.24) is 0 Å². The molecular weight excluding hydrogens is 234 g/mol. The van der Waals surface area contributed by atoms with Gasteiger partial charge in [0.15, 0.2) is 0 Å². The fraction of sp³-hybridized carbons (Fsp3) is 0.294. The summed E-state index contributed by atoms with van der Waals surface area (Å²) in [5.74, 6) is 0. The van der Waals surface area contributed by atoms with Gasteiger partial charge in [0.05, 0.1) is 0 Å². The summed E-state index contributed by atoms with van der Waals surface area (Å²) in [5, 5.41) is 13.7. The molecule has 19 heavy (non-hydrogen) atoms. The molecule has 2 aromatic carbocycles. The maximum atomic E-state index is 10.3. The number of benzene rings is 2. The van der Waals surface area contributed by atoms with E-state index in [-0.39, 0.29) is 5.54 Å². The SMILES string of the molecule is CC(C)(C)Nc1ccc(C(O)c2ccccc2)cc1. The topological polar surface area (TPSA) is 32.3 Å². The third kappa shape index (κ3) is 3.83. The molecule has 0 aromatic heterocycles. The summed E-state index contributed by atoms with van der Waals surface area (Å²) in [6.07, 6.45) is -0.565. The Morgan fingerprint density at radius 3 is 1.89 bits per heavy atom. The highest BCUT2D eigenvalue weighted by Gasteiger charge is 2.11. The Morgan fingerprint density at radius 1 is 0.842 bits per heavy atom. The average Bonchev–Trinajstić information content (AvgIpc) is 2.38. The molecule has 0 radical (unpaired) electrons. The normalized spacial score (nSPS) is 13.1. The van der Waals surface area contributed by atoms with Gasteiger partial charge in [-0.15, -0.1) is 0 Å². The van der Waals surface area contributed by atoms with Crippen molar-refractivity contribution < 1.29 is 5.11 Å². The quantitative estimate of drug-likeness (QED) is 0.869. The van der Waals surface area contributed by atoms with Crippen LogP contribution in [0.4, 0.5) is 5.69 Å². The maximum absolute atomic E-state index is 10.3. The minimum atomic E-state index is -0.565. The Morgan fingerprint density at radius 2 is 1.37 bits per heavy atom. The Bertz CT molecular complexity index is 511. The van der Waals surface area contributed by atoms with E-state index in [4.69, 9.17) is 0 Å². The van der Waals surface area contributed by atoms with E-state index >= 15 is 0 Å². The summed E-state index contributed by atoms with van der Waals surface area (Å²) < 4.78 is 0. The van der Waals surface area contributed by atoms with E-state index in [1.165, 1.54) is 0 Å². The van der Waals surface area contributed by atoms with Crippen LogP contribution in [0.25, 0.3) is 0 Å². The molecule has 2 nitrogen and oxygen atoms in total. The zero-order chi connectivity index (χ0) is 13.9. The van der Waals surface area contributed by atoms with E-state index in [0.29, 0.717) is 0 Å². The Balaban J connectivity index is 2.15. The molecule has 100 valence electrons. The number of aliphatic hydroxyl groups is 1. The minimum Gasteiger partial charge on any atom is -0.384 e. The van der Waals surface area contributed by atoms with Gasteiger partial charge in [0.1, 0.15) is 6.10 Å². The van der Waals surface area contributed by atoms with E-state index in [9.17, 15) is 5.11 Å². The number of anilines is 1. The molecule has 0 fully saturated rings. The van der Waals surface area contributed by atoms with Gasteiger partial charge in [-0.1, -0.05) is 42.5 Å². The van der Waals surface area contributed by atoms with Crippen molar-refractivity contribution in [3.63, 3.8) is 0 Å². The fourth-order valence-corrected chi connectivity index (χ4v) is 2.01. The Labute approximate surface area is 115 Å². The highest BCUT2D eigenvalue weighted by atomic mass is 16.3. The molecule has 2 heteroatoms. The van der Waals surface area contributed by atoms with Gasteiger partial charge >= 0.3 is 0 Å². The van der Waals surface area contributed by atoms with Gasteiger partial charge in [-0.25, -0.2) is 0 Å². The number of nitrogens with one attached hydrogen (secondary N) is 1. The molecule has 0 aliphatic carbocycles. The lowest BCUT2D eigenvalue weighted by atomic mass is 10.0. The van der Waals surface area contributed by atoms with Gasteiger partial charge in [0, 0.05) is 11.2 Å². The van der Waals surface area contributed by atoms with Gasteiger partial charge in [-0.3, -0.25) is 0 Å². The van der Waals surface area contributed by atoms with Crippen molar-refractivity contribution in [3.05, 3.63) is 65.7 Å². The summed E-state index contributed by atoms with van der Waals surface area (Å²) in [7, 11) is 0. The van der Waals surface area contributed by atoms with Crippen LogP contribution in [0.5, 0.6) is 0 Å². The van der Waals surface area contributed by atoms with E-state index < -0.39 is 6.10 Å². The number of rotatable bonds is 3. The molecule has 2 N–H and O–H groups in total. The van der Waals surface area contributed by atoms with Crippen molar-refractivity contribution in [3.8, 4) is 0 Å². The first-order chi connectivity index (χ1) is 8.96. The zero-order valence-corrected chi connectivity index (χ0v) is 11.7. The van der Waals surface area contributed by atoms with Gasteiger partial charge in [-0.2, -0.15) is 0 Å². The Kier molecular flexibility index (Phi) is 3.91. The summed E-state index contributed by atoms with van der Waals surface area (Å²) in [6.45, 7) is 6.37. The summed E-state index contributed by atoms with van der Waals surface area (Å²) in [6, 6.07) is 17.6. The molecule has 0 amide bonds. The predicted octanol–water partition coefficient (Wildman–Crippen LogP) is 3.98. The molecule has 1 unspecified atom stereocenters. The Hall–Kier alpha value is -1.80. The lowest BCUT2D eigenvalue weighted by Gasteiger charge is -2.22. The van der Waals surface area contributed by atoms with Gasteiger partial charge in [-0.05, 0) is 44.0 Å². The summed E-state index contributed by atoms with van der Waals surface area (Å²) in [5.41, 5.74) is 2.93. The largest absolute Gasteiger partial charge is 0.384 e. The van der Waals surface area contributed by atoms with Crippen molar-refractivity contribution in [2.24, 2.45) is 0 Å². The van der Waals surface area contributed by atoms with Crippen LogP contribution in [0.2, 0.25) is 0 Å². The van der Waals surface area contributed by atoms with E-state index in [0.717, 1.165) is 16.8 Å². The van der Waals surface area contributed by atoms with Crippen molar-refractivity contribution in [1.29, 1.82) is 0 Å². The van der Waals surface area contributed by atoms with E-state index in [2.05, 4.69) is 26.1 Å². The maximum Gasteiger partial charge on any atom is 0.104 e. The first kappa shape index (κ1) is 13.6. The second kappa shape index (κ2) is 5.45. The van der Waals surface area contributed by atoms with Crippen LogP contribution in [-0.2, 0) is 0 Å².